The maximum absolute atomic E-state index is 6.11. The second-order valence-electron chi connectivity index (χ2n) is 6.12. The summed E-state index contributed by atoms with van der Waals surface area (Å²) in [5.74, 6) is 1.79. The van der Waals surface area contributed by atoms with Crippen molar-refractivity contribution in [1.82, 2.24) is 0 Å². The number of nitrogens with two attached hydrogens (primary N) is 1. The Bertz CT molecular complexity index is 429. The molecule has 118 valence electrons. The molecule has 0 bridgehead atoms. The van der Waals surface area contributed by atoms with Gasteiger partial charge in [0.15, 0.2) is 0 Å². The van der Waals surface area contributed by atoms with Crippen molar-refractivity contribution in [2.75, 3.05) is 13.2 Å². The van der Waals surface area contributed by atoms with E-state index in [0.717, 1.165) is 44.1 Å². The summed E-state index contributed by atoms with van der Waals surface area (Å²) in [6.07, 6.45) is 5.54. The lowest BCUT2D eigenvalue weighted by Crippen LogP contribution is -2.22. The first-order valence-corrected chi connectivity index (χ1v) is 8.30. The molecule has 0 radical (unpaired) electrons. The Labute approximate surface area is 128 Å². The summed E-state index contributed by atoms with van der Waals surface area (Å²) in [6.45, 7) is 6.60. The van der Waals surface area contributed by atoms with Gasteiger partial charge in [-0.15, -0.1) is 0 Å². The topological polar surface area (TPSA) is 44.5 Å². The zero-order valence-corrected chi connectivity index (χ0v) is 13.4. The van der Waals surface area contributed by atoms with Crippen molar-refractivity contribution in [2.24, 2.45) is 11.7 Å². The third-order valence-electron chi connectivity index (χ3n) is 3.91. The average molecular weight is 291 g/mol. The molecule has 3 heteroatoms. The lowest BCUT2D eigenvalue weighted by atomic mass is 10.0. The maximum atomic E-state index is 6.11. The standard InChI is InChI=1S/C18H29NO2/c1-3-9-21-18-8-7-15(13-20-12-14-5-6-14)10-16(18)11-17(19)4-2/h7-8,10,14,17H,3-6,9,11-13,19H2,1-2H3. The molecule has 1 aliphatic rings. The average Bonchev–Trinajstić information content (AvgIpc) is 3.30. The molecule has 0 heterocycles. The molecule has 1 aromatic rings. The van der Waals surface area contributed by atoms with Crippen LogP contribution in [0, 0.1) is 5.92 Å². The van der Waals surface area contributed by atoms with E-state index in [-0.39, 0.29) is 6.04 Å². The van der Waals surface area contributed by atoms with Crippen LogP contribution in [0.3, 0.4) is 0 Å². The largest absolute Gasteiger partial charge is 0.493 e. The van der Waals surface area contributed by atoms with E-state index in [2.05, 4.69) is 32.0 Å². The minimum Gasteiger partial charge on any atom is -0.493 e. The summed E-state index contributed by atoms with van der Waals surface area (Å²) in [5.41, 5.74) is 8.55. The number of ether oxygens (including phenoxy) is 2. The number of hydrogen-bond donors (Lipinski definition) is 1. The van der Waals surface area contributed by atoms with E-state index in [0.29, 0.717) is 6.61 Å². The van der Waals surface area contributed by atoms with Crippen molar-refractivity contribution < 1.29 is 9.47 Å². The SMILES string of the molecule is CCCOc1ccc(COCC2CC2)cc1CC(N)CC. The van der Waals surface area contributed by atoms with E-state index in [1.807, 2.05) is 0 Å². The van der Waals surface area contributed by atoms with Crippen molar-refractivity contribution in [3.8, 4) is 5.75 Å². The minimum absolute atomic E-state index is 0.191. The fraction of sp³-hybridized carbons (Fsp3) is 0.667. The van der Waals surface area contributed by atoms with Gasteiger partial charge in [-0.1, -0.05) is 19.9 Å². The maximum Gasteiger partial charge on any atom is 0.122 e. The van der Waals surface area contributed by atoms with Gasteiger partial charge in [-0.05, 0) is 61.3 Å². The van der Waals surface area contributed by atoms with Crippen LogP contribution in [0.5, 0.6) is 5.75 Å². The van der Waals surface area contributed by atoms with Crippen LogP contribution in [-0.2, 0) is 17.8 Å². The van der Waals surface area contributed by atoms with Crippen molar-refractivity contribution in [3.05, 3.63) is 29.3 Å². The summed E-state index contributed by atoms with van der Waals surface area (Å²) in [4.78, 5) is 0. The van der Waals surface area contributed by atoms with Gasteiger partial charge in [0, 0.05) is 12.6 Å². The van der Waals surface area contributed by atoms with E-state index >= 15 is 0 Å². The van der Waals surface area contributed by atoms with Crippen LogP contribution in [0.2, 0.25) is 0 Å². The second-order valence-corrected chi connectivity index (χ2v) is 6.12. The van der Waals surface area contributed by atoms with Gasteiger partial charge in [0.1, 0.15) is 5.75 Å². The van der Waals surface area contributed by atoms with Crippen molar-refractivity contribution >= 4 is 0 Å². The minimum atomic E-state index is 0.191. The molecular formula is C18H29NO2. The molecule has 0 aliphatic heterocycles. The van der Waals surface area contributed by atoms with Crippen molar-refractivity contribution in [2.45, 2.75) is 58.6 Å². The summed E-state index contributed by atoms with van der Waals surface area (Å²) in [7, 11) is 0. The lowest BCUT2D eigenvalue weighted by molar-refractivity contribution is 0.111. The predicted octanol–water partition coefficient (Wildman–Crippen LogP) is 3.68. The van der Waals surface area contributed by atoms with Crippen LogP contribution in [-0.4, -0.2) is 19.3 Å². The Morgan fingerprint density at radius 2 is 2.10 bits per heavy atom. The number of benzene rings is 1. The third-order valence-corrected chi connectivity index (χ3v) is 3.91. The lowest BCUT2D eigenvalue weighted by Gasteiger charge is -2.16. The monoisotopic (exact) mass is 291 g/mol. The highest BCUT2D eigenvalue weighted by Crippen LogP contribution is 2.29. The molecule has 1 saturated carbocycles. The molecule has 1 fully saturated rings. The molecule has 0 spiro atoms. The van der Waals surface area contributed by atoms with Crippen LogP contribution in [0.4, 0.5) is 0 Å². The van der Waals surface area contributed by atoms with Crippen molar-refractivity contribution in [3.63, 3.8) is 0 Å². The molecule has 0 amide bonds. The van der Waals surface area contributed by atoms with Crippen LogP contribution in [0.1, 0.15) is 50.7 Å². The molecule has 0 aromatic heterocycles. The highest BCUT2D eigenvalue weighted by atomic mass is 16.5. The molecule has 1 atom stereocenters. The Kier molecular flexibility index (Phi) is 6.52. The zero-order chi connectivity index (χ0) is 15.1. The van der Waals surface area contributed by atoms with Crippen molar-refractivity contribution in [1.29, 1.82) is 0 Å². The molecule has 0 saturated heterocycles. The van der Waals surface area contributed by atoms with E-state index in [9.17, 15) is 0 Å². The van der Waals surface area contributed by atoms with Gasteiger partial charge in [-0.25, -0.2) is 0 Å². The first-order chi connectivity index (χ1) is 10.2. The zero-order valence-electron chi connectivity index (χ0n) is 13.4. The third kappa shape index (κ3) is 5.68. The van der Waals surface area contributed by atoms with Gasteiger partial charge in [-0.2, -0.15) is 0 Å². The molecule has 21 heavy (non-hydrogen) atoms. The van der Waals surface area contributed by atoms with E-state index < -0.39 is 0 Å². The Balaban J connectivity index is 1.98. The smallest absolute Gasteiger partial charge is 0.122 e. The van der Waals surface area contributed by atoms with Crippen LogP contribution in [0.15, 0.2) is 18.2 Å². The molecule has 2 rings (SSSR count). The van der Waals surface area contributed by atoms with E-state index in [4.69, 9.17) is 15.2 Å². The summed E-state index contributed by atoms with van der Waals surface area (Å²) < 4.78 is 11.6. The Hall–Kier alpha value is -1.06. The quantitative estimate of drug-likeness (QED) is 0.715. The number of hydrogen-bond acceptors (Lipinski definition) is 3. The van der Waals surface area contributed by atoms with Gasteiger partial charge in [-0.3, -0.25) is 0 Å². The summed E-state index contributed by atoms with van der Waals surface area (Å²) >= 11 is 0. The van der Waals surface area contributed by atoms with Crippen LogP contribution >= 0.6 is 0 Å². The summed E-state index contributed by atoms with van der Waals surface area (Å²) in [6, 6.07) is 6.58. The van der Waals surface area contributed by atoms with Gasteiger partial charge in [0.05, 0.1) is 13.2 Å². The van der Waals surface area contributed by atoms with Gasteiger partial charge < -0.3 is 15.2 Å². The van der Waals surface area contributed by atoms with Gasteiger partial charge >= 0.3 is 0 Å². The molecule has 1 aliphatic carbocycles. The molecular weight excluding hydrogens is 262 g/mol. The van der Waals surface area contributed by atoms with E-state index in [1.165, 1.54) is 24.0 Å². The second kappa shape index (κ2) is 8.40. The Morgan fingerprint density at radius 3 is 2.76 bits per heavy atom. The molecule has 3 nitrogen and oxygen atoms in total. The molecule has 1 aromatic carbocycles. The first kappa shape index (κ1) is 16.3. The normalized spacial score (nSPS) is 16.0. The predicted molar refractivity (Wildman–Crippen MR) is 86.6 cm³/mol. The van der Waals surface area contributed by atoms with Gasteiger partial charge in [0.25, 0.3) is 0 Å². The first-order valence-electron chi connectivity index (χ1n) is 8.30. The highest BCUT2D eigenvalue weighted by molar-refractivity contribution is 5.37. The van der Waals surface area contributed by atoms with E-state index in [1.54, 1.807) is 0 Å². The van der Waals surface area contributed by atoms with Gasteiger partial charge in [0.2, 0.25) is 0 Å². The molecule has 1 unspecified atom stereocenters. The molecule has 2 N–H and O–H groups in total. The fourth-order valence-electron chi connectivity index (χ4n) is 2.29. The number of rotatable bonds is 10. The summed E-state index contributed by atoms with van der Waals surface area (Å²) in [5, 5.41) is 0. The fourth-order valence-corrected chi connectivity index (χ4v) is 2.29. The highest BCUT2D eigenvalue weighted by Gasteiger charge is 2.21. The Morgan fingerprint density at radius 1 is 1.29 bits per heavy atom. The van der Waals surface area contributed by atoms with Crippen LogP contribution in [0.25, 0.3) is 0 Å². The van der Waals surface area contributed by atoms with Crippen LogP contribution < -0.4 is 10.5 Å².